The summed E-state index contributed by atoms with van der Waals surface area (Å²) in [5.74, 6) is 0.137. The second-order valence-electron chi connectivity index (χ2n) is 9.56. The molecule has 0 aromatic heterocycles. The maximum Gasteiger partial charge on any atom is 0.261 e. The minimum Gasteiger partial charge on any atom is -0.483 e. The Balaban J connectivity index is 1.64. The molecule has 0 saturated carbocycles. The number of benzene rings is 4. The summed E-state index contributed by atoms with van der Waals surface area (Å²) in [5.41, 5.74) is 1.90. The van der Waals surface area contributed by atoms with Crippen molar-refractivity contribution in [3.8, 4) is 5.75 Å². The van der Waals surface area contributed by atoms with Crippen molar-refractivity contribution in [1.29, 1.82) is 0 Å². The van der Waals surface area contributed by atoms with Crippen molar-refractivity contribution in [1.82, 2.24) is 10.2 Å². The van der Waals surface area contributed by atoms with Gasteiger partial charge in [0, 0.05) is 23.5 Å². The van der Waals surface area contributed by atoms with Gasteiger partial charge in [-0.25, -0.2) is 0 Å². The molecule has 0 aliphatic heterocycles. The molecule has 0 radical (unpaired) electrons. The molecule has 0 saturated heterocycles. The lowest BCUT2D eigenvalue weighted by molar-refractivity contribution is -0.143. The number of fused-ring (bicyclic) bond motifs is 1. The average molecular weight is 652 g/mol. The minimum atomic E-state index is -0.707. The molecule has 0 fully saturated rings. The van der Waals surface area contributed by atoms with Crippen molar-refractivity contribution in [2.75, 3.05) is 6.61 Å². The lowest BCUT2D eigenvalue weighted by atomic mass is 10.0. The van der Waals surface area contributed by atoms with E-state index in [0.717, 1.165) is 37.3 Å². The fourth-order valence-corrected chi connectivity index (χ4v) is 5.20. The van der Waals surface area contributed by atoms with Crippen LogP contribution >= 0.6 is 31.9 Å². The van der Waals surface area contributed by atoms with Gasteiger partial charge in [-0.05, 0) is 69.4 Å². The van der Waals surface area contributed by atoms with E-state index in [2.05, 4.69) is 37.2 Å². The summed E-state index contributed by atoms with van der Waals surface area (Å²) < 4.78 is 7.79. The number of carbonyl (C=O) groups is 2. The average Bonchev–Trinajstić information content (AvgIpc) is 2.96. The first-order chi connectivity index (χ1) is 18.9. The second-order valence-corrected chi connectivity index (χ2v) is 11.3. The van der Waals surface area contributed by atoms with E-state index in [1.165, 1.54) is 0 Å². The fraction of sp³-hybridized carbons (Fsp3) is 0.250. The van der Waals surface area contributed by atoms with Crippen LogP contribution in [0.1, 0.15) is 31.4 Å². The molecule has 0 spiro atoms. The molecule has 0 bridgehead atoms. The first-order valence-corrected chi connectivity index (χ1v) is 14.6. The zero-order valence-electron chi connectivity index (χ0n) is 22.1. The summed E-state index contributed by atoms with van der Waals surface area (Å²) >= 11 is 7.12. The Morgan fingerprint density at radius 1 is 0.872 bits per heavy atom. The van der Waals surface area contributed by atoms with Gasteiger partial charge in [-0.15, -0.1) is 0 Å². The highest BCUT2D eigenvalue weighted by Gasteiger charge is 2.31. The van der Waals surface area contributed by atoms with Gasteiger partial charge in [0.05, 0.1) is 4.47 Å². The Labute approximate surface area is 246 Å². The Morgan fingerprint density at radius 3 is 2.28 bits per heavy atom. The first kappa shape index (κ1) is 28.8. The second kappa shape index (κ2) is 13.8. The summed E-state index contributed by atoms with van der Waals surface area (Å²) in [6, 6.07) is 28.7. The highest BCUT2D eigenvalue weighted by Crippen LogP contribution is 2.33. The molecule has 39 heavy (non-hydrogen) atoms. The molecular weight excluding hydrogens is 620 g/mol. The number of hydrogen-bond donors (Lipinski definition) is 1. The molecule has 2 unspecified atom stereocenters. The van der Waals surface area contributed by atoms with Crippen LogP contribution in [-0.2, 0) is 22.6 Å². The van der Waals surface area contributed by atoms with Crippen LogP contribution in [0, 0.1) is 0 Å². The van der Waals surface area contributed by atoms with Crippen LogP contribution in [0.3, 0.4) is 0 Å². The number of rotatable bonds is 11. The molecule has 2 atom stereocenters. The standard InChI is InChI=1S/C32H32Br2N2O3/c1-3-22(2)35-32(38)28(19-23-9-5-4-6-10-23)36(20-24-13-16-26(33)17-14-24)30(37)21-39-29-18-15-25-11-7-8-12-27(25)31(29)34/h4-18,22,28H,3,19-21H2,1-2H3,(H,35,38). The topological polar surface area (TPSA) is 58.6 Å². The van der Waals surface area contributed by atoms with Crippen LogP contribution < -0.4 is 10.1 Å². The number of nitrogens with one attached hydrogen (secondary N) is 1. The number of amides is 2. The van der Waals surface area contributed by atoms with E-state index in [-0.39, 0.29) is 31.0 Å². The molecule has 0 aliphatic carbocycles. The van der Waals surface area contributed by atoms with Crippen molar-refractivity contribution in [3.05, 3.63) is 111 Å². The van der Waals surface area contributed by atoms with Gasteiger partial charge < -0.3 is 15.0 Å². The van der Waals surface area contributed by atoms with Gasteiger partial charge in [-0.3, -0.25) is 9.59 Å². The fourth-order valence-electron chi connectivity index (χ4n) is 4.33. The molecule has 0 heterocycles. The lowest BCUT2D eigenvalue weighted by Gasteiger charge is -2.32. The predicted octanol–water partition coefficient (Wildman–Crippen LogP) is 7.30. The highest BCUT2D eigenvalue weighted by atomic mass is 79.9. The van der Waals surface area contributed by atoms with Gasteiger partial charge in [0.25, 0.3) is 5.91 Å². The Kier molecular flexibility index (Phi) is 10.2. The number of ether oxygens (including phenoxy) is 1. The van der Waals surface area contributed by atoms with Crippen molar-refractivity contribution in [2.24, 2.45) is 0 Å². The van der Waals surface area contributed by atoms with Crippen molar-refractivity contribution in [3.63, 3.8) is 0 Å². The van der Waals surface area contributed by atoms with E-state index >= 15 is 0 Å². The van der Waals surface area contributed by atoms with Crippen LogP contribution in [-0.4, -0.2) is 35.4 Å². The van der Waals surface area contributed by atoms with Gasteiger partial charge in [0.1, 0.15) is 11.8 Å². The van der Waals surface area contributed by atoms with E-state index in [1.54, 1.807) is 4.90 Å². The normalized spacial score (nSPS) is 12.5. The summed E-state index contributed by atoms with van der Waals surface area (Å²) in [5, 5.41) is 5.17. The van der Waals surface area contributed by atoms with E-state index < -0.39 is 6.04 Å². The van der Waals surface area contributed by atoms with Gasteiger partial charge >= 0.3 is 0 Å². The maximum atomic E-state index is 13.9. The Bertz CT molecular complexity index is 1410. The number of nitrogens with zero attached hydrogens (tertiary/aromatic N) is 1. The van der Waals surface area contributed by atoms with Crippen LogP contribution in [0.15, 0.2) is 99.9 Å². The van der Waals surface area contributed by atoms with Crippen molar-refractivity contribution < 1.29 is 14.3 Å². The third-order valence-corrected chi connectivity index (χ3v) is 8.06. The minimum absolute atomic E-state index is 0.00906. The molecule has 7 heteroatoms. The molecule has 1 N–H and O–H groups in total. The van der Waals surface area contributed by atoms with E-state index in [4.69, 9.17) is 4.74 Å². The van der Waals surface area contributed by atoms with Crippen LogP contribution in [0.2, 0.25) is 0 Å². The van der Waals surface area contributed by atoms with Gasteiger partial charge in [0.2, 0.25) is 5.91 Å². The zero-order chi connectivity index (χ0) is 27.8. The Hall–Kier alpha value is -3.16. The van der Waals surface area contributed by atoms with Crippen molar-refractivity contribution >= 4 is 54.4 Å². The number of carbonyl (C=O) groups excluding carboxylic acids is 2. The smallest absolute Gasteiger partial charge is 0.261 e. The number of halogens is 2. The third kappa shape index (κ3) is 7.70. The van der Waals surface area contributed by atoms with Gasteiger partial charge in [-0.2, -0.15) is 0 Å². The first-order valence-electron chi connectivity index (χ1n) is 13.0. The monoisotopic (exact) mass is 650 g/mol. The predicted molar refractivity (Wildman–Crippen MR) is 164 cm³/mol. The summed E-state index contributed by atoms with van der Waals surface area (Å²) in [7, 11) is 0. The maximum absolute atomic E-state index is 13.9. The largest absolute Gasteiger partial charge is 0.483 e. The van der Waals surface area contributed by atoms with Crippen molar-refractivity contribution in [2.45, 2.75) is 45.3 Å². The molecule has 0 aliphatic rings. The lowest BCUT2D eigenvalue weighted by Crippen LogP contribution is -2.53. The van der Waals surface area contributed by atoms with Crippen LogP contribution in [0.5, 0.6) is 5.75 Å². The molecular formula is C32H32Br2N2O3. The molecule has 202 valence electrons. The van der Waals surface area contributed by atoms with Crippen LogP contribution in [0.4, 0.5) is 0 Å². The van der Waals surface area contributed by atoms with E-state index in [9.17, 15) is 9.59 Å². The Morgan fingerprint density at radius 2 is 1.56 bits per heavy atom. The van der Waals surface area contributed by atoms with Gasteiger partial charge in [0.15, 0.2) is 6.61 Å². The molecule has 5 nitrogen and oxygen atoms in total. The SMILES string of the molecule is CCC(C)NC(=O)C(Cc1ccccc1)N(Cc1ccc(Br)cc1)C(=O)COc1ccc2ccccc2c1Br. The molecule has 4 aromatic rings. The number of hydrogen-bond acceptors (Lipinski definition) is 3. The zero-order valence-corrected chi connectivity index (χ0v) is 25.2. The quantitative estimate of drug-likeness (QED) is 0.185. The molecule has 4 rings (SSSR count). The summed E-state index contributed by atoms with van der Waals surface area (Å²) in [4.78, 5) is 29.1. The van der Waals surface area contributed by atoms with Gasteiger partial charge in [-0.1, -0.05) is 95.7 Å². The van der Waals surface area contributed by atoms with E-state index in [0.29, 0.717) is 12.2 Å². The third-order valence-electron chi connectivity index (χ3n) is 6.72. The molecule has 4 aromatic carbocycles. The summed E-state index contributed by atoms with van der Waals surface area (Å²) in [6.07, 6.45) is 1.19. The molecule has 2 amide bonds. The van der Waals surface area contributed by atoms with Crippen LogP contribution in [0.25, 0.3) is 10.8 Å². The summed E-state index contributed by atoms with van der Waals surface area (Å²) in [6.45, 7) is 4.07. The highest BCUT2D eigenvalue weighted by molar-refractivity contribution is 9.11. The van der Waals surface area contributed by atoms with E-state index in [1.807, 2.05) is 105 Å².